The number of benzene rings is 2. The molecule has 0 saturated carbocycles. The van der Waals surface area contributed by atoms with E-state index >= 15 is 0 Å². The number of sulfonamides is 1. The van der Waals surface area contributed by atoms with E-state index in [0.29, 0.717) is 17.0 Å². The normalized spacial score (nSPS) is 11.7. The molecule has 0 radical (unpaired) electrons. The fraction of sp³-hybridized carbons (Fsp3) is 0.211. The first kappa shape index (κ1) is 19.9. The zero-order valence-corrected chi connectivity index (χ0v) is 17.2. The fourth-order valence-corrected chi connectivity index (χ4v) is 4.85. The molecule has 1 N–H and O–H groups in total. The van der Waals surface area contributed by atoms with Gasteiger partial charge in [0.05, 0.1) is 10.6 Å². The summed E-state index contributed by atoms with van der Waals surface area (Å²) in [5.41, 5.74) is 2.15. The predicted octanol–water partition coefficient (Wildman–Crippen LogP) is 4.74. The van der Waals surface area contributed by atoms with Gasteiger partial charge in [-0.05, 0) is 56.2 Å². The lowest BCUT2D eigenvalue weighted by Gasteiger charge is -2.07. The molecule has 8 heteroatoms. The summed E-state index contributed by atoms with van der Waals surface area (Å²) in [5, 5.41) is 1.54. The standard InChI is InChI=1S/C19H18ClFN2O2S2/c1-12-11-16(7-8-17(12)21)27(24,25)22-10-9-18-13(2)23-19(26-18)14-3-5-15(20)6-4-14/h3-8,11,22H,9-10H2,1-2H3. The van der Waals surface area contributed by atoms with Crippen molar-refractivity contribution in [1.29, 1.82) is 0 Å². The van der Waals surface area contributed by atoms with Gasteiger partial charge in [0, 0.05) is 22.0 Å². The van der Waals surface area contributed by atoms with E-state index in [9.17, 15) is 12.8 Å². The highest BCUT2D eigenvalue weighted by Gasteiger charge is 2.16. The summed E-state index contributed by atoms with van der Waals surface area (Å²) >= 11 is 7.44. The molecule has 0 aliphatic heterocycles. The molecular formula is C19H18ClFN2O2S2. The number of aryl methyl sites for hydroxylation is 2. The summed E-state index contributed by atoms with van der Waals surface area (Å²) in [6.45, 7) is 3.68. The summed E-state index contributed by atoms with van der Waals surface area (Å²) in [7, 11) is -3.68. The van der Waals surface area contributed by atoms with Crippen LogP contribution in [0.2, 0.25) is 5.02 Å². The van der Waals surface area contributed by atoms with Crippen molar-refractivity contribution in [3.8, 4) is 10.6 Å². The van der Waals surface area contributed by atoms with E-state index in [1.807, 2.05) is 31.2 Å². The monoisotopic (exact) mass is 424 g/mol. The van der Waals surface area contributed by atoms with Crippen LogP contribution in [-0.4, -0.2) is 19.9 Å². The second kappa shape index (κ2) is 8.06. The van der Waals surface area contributed by atoms with Crippen LogP contribution in [-0.2, 0) is 16.4 Å². The van der Waals surface area contributed by atoms with Crippen LogP contribution in [0.3, 0.4) is 0 Å². The molecule has 0 saturated heterocycles. The topological polar surface area (TPSA) is 59.1 Å². The Kier molecular flexibility index (Phi) is 5.95. The average Bonchev–Trinajstić information content (AvgIpc) is 2.98. The Morgan fingerprint density at radius 1 is 1.15 bits per heavy atom. The minimum atomic E-state index is -3.68. The zero-order chi connectivity index (χ0) is 19.6. The third-order valence-corrected chi connectivity index (χ3v) is 7.04. The number of hydrogen-bond donors (Lipinski definition) is 1. The average molecular weight is 425 g/mol. The highest BCUT2D eigenvalue weighted by Crippen LogP contribution is 2.29. The largest absolute Gasteiger partial charge is 0.241 e. The molecule has 2 aromatic carbocycles. The van der Waals surface area contributed by atoms with Gasteiger partial charge in [0.1, 0.15) is 10.8 Å². The zero-order valence-electron chi connectivity index (χ0n) is 14.8. The maximum atomic E-state index is 13.3. The number of nitrogens with zero attached hydrogens (tertiary/aromatic N) is 1. The van der Waals surface area contributed by atoms with Gasteiger partial charge in [0.25, 0.3) is 0 Å². The van der Waals surface area contributed by atoms with Crippen molar-refractivity contribution in [1.82, 2.24) is 9.71 Å². The van der Waals surface area contributed by atoms with Crippen LogP contribution in [0.1, 0.15) is 16.1 Å². The van der Waals surface area contributed by atoms with E-state index in [2.05, 4.69) is 9.71 Å². The summed E-state index contributed by atoms with van der Waals surface area (Å²) in [5.74, 6) is -0.427. The van der Waals surface area contributed by atoms with Gasteiger partial charge in [-0.3, -0.25) is 0 Å². The Morgan fingerprint density at radius 2 is 1.85 bits per heavy atom. The van der Waals surface area contributed by atoms with Gasteiger partial charge in [0.2, 0.25) is 10.0 Å². The molecule has 0 aliphatic carbocycles. The van der Waals surface area contributed by atoms with Crippen molar-refractivity contribution in [3.63, 3.8) is 0 Å². The molecule has 27 heavy (non-hydrogen) atoms. The Labute approximate surface area is 167 Å². The van der Waals surface area contributed by atoms with Crippen LogP contribution >= 0.6 is 22.9 Å². The van der Waals surface area contributed by atoms with Crippen molar-refractivity contribution in [3.05, 3.63) is 69.4 Å². The van der Waals surface area contributed by atoms with Gasteiger partial charge in [-0.15, -0.1) is 11.3 Å². The number of hydrogen-bond acceptors (Lipinski definition) is 4. The first-order chi connectivity index (χ1) is 12.8. The van der Waals surface area contributed by atoms with Crippen LogP contribution < -0.4 is 4.72 Å². The van der Waals surface area contributed by atoms with Gasteiger partial charge in [-0.2, -0.15) is 0 Å². The number of aromatic nitrogens is 1. The van der Waals surface area contributed by atoms with E-state index in [0.717, 1.165) is 27.2 Å². The minimum Gasteiger partial charge on any atom is -0.241 e. The minimum absolute atomic E-state index is 0.0595. The van der Waals surface area contributed by atoms with Crippen molar-refractivity contribution in [2.45, 2.75) is 25.2 Å². The van der Waals surface area contributed by atoms with Gasteiger partial charge in [-0.1, -0.05) is 23.7 Å². The maximum absolute atomic E-state index is 13.3. The number of thiazole rings is 1. The Morgan fingerprint density at radius 3 is 2.52 bits per heavy atom. The van der Waals surface area contributed by atoms with Gasteiger partial charge in [0.15, 0.2) is 0 Å². The number of halogens is 2. The molecule has 1 heterocycles. The molecule has 142 valence electrons. The SMILES string of the molecule is Cc1cc(S(=O)(=O)NCCc2sc(-c3ccc(Cl)cc3)nc2C)ccc1F. The molecule has 0 unspecified atom stereocenters. The lowest BCUT2D eigenvalue weighted by molar-refractivity contribution is 0.580. The second-order valence-electron chi connectivity index (χ2n) is 6.09. The van der Waals surface area contributed by atoms with E-state index in [4.69, 9.17) is 11.6 Å². The first-order valence-electron chi connectivity index (χ1n) is 8.24. The Hall–Kier alpha value is -1.80. The van der Waals surface area contributed by atoms with Crippen LogP contribution in [0.5, 0.6) is 0 Å². The lowest BCUT2D eigenvalue weighted by atomic mass is 10.2. The number of nitrogens with one attached hydrogen (secondary N) is 1. The van der Waals surface area contributed by atoms with E-state index < -0.39 is 15.8 Å². The van der Waals surface area contributed by atoms with Crippen LogP contribution in [0.4, 0.5) is 4.39 Å². The molecule has 1 aromatic heterocycles. The van der Waals surface area contributed by atoms with Crippen molar-refractivity contribution in [2.24, 2.45) is 0 Å². The van der Waals surface area contributed by atoms with Crippen molar-refractivity contribution >= 4 is 33.0 Å². The first-order valence-corrected chi connectivity index (χ1v) is 10.9. The quantitative estimate of drug-likeness (QED) is 0.621. The van der Waals surface area contributed by atoms with Crippen LogP contribution in [0.25, 0.3) is 10.6 Å². The molecule has 3 aromatic rings. The van der Waals surface area contributed by atoms with Crippen molar-refractivity contribution < 1.29 is 12.8 Å². The second-order valence-corrected chi connectivity index (χ2v) is 9.38. The molecule has 0 atom stereocenters. The van der Waals surface area contributed by atoms with Crippen molar-refractivity contribution in [2.75, 3.05) is 6.54 Å². The summed E-state index contributed by atoms with van der Waals surface area (Å²) < 4.78 is 40.6. The molecule has 0 aliphatic rings. The lowest BCUT2D eigenvalue weighted by Crippen LogP contribution is -2.26. The smallest absolute Gasteiger partial charge is 0.240 e. The molecule has 0 spiro atoms. The molecule has 0 amide bonds. The third-order valence-electron chi connectivity index (χ3n) is 4.07. The van der Waals surface area contributed by atoms with Crippen LogP contribution in [0.15, 0.2) is 47.4 Å². The van der Waals surface area contributed by atoms with E-state index in [1.54, 1.807) is 0 Å². The molecule has 0 fully saturated rings. The molecule has 0 bridgehead atoms. The van der Waals surface area contributed by atoms with Gasteiger partial charge >= 0.3 is 0 Å². The van der Waals surface area contributed by atoms with Gasteiger partial charge < -0.3 is 0 Å². The molecular weight excluding hydrogens is 407 g/mol. The molecule has 4 nitrogen and oxygen atoms in total. The summed E-state index contributed by atoms with van der Waals surface area (Å²) in [6, 6.07) is 11.2. The Bertz CT molecular complexity index is 1060. The van der Waals surface area contributed by atoms with Crippen LogP contribution in [0, 0.1) is 19.7 Å². The highest BCUT2D eigenvalue weighted by atomic mass is 35.5. The number of rotatable bonds is 6. The van der Waals surface area contributed by atoms with E-state index in [1.165, 1.54) is 30.4 Å². The highest BCUT2D eigenvalue weighted by molar-refractivity contribution is 7.89. The Balaban J connectivity index is 1.68. The third kappa shape index (κ3) is 4.73. The predicted molar refractivity (Wildman–Crippen MR) is 107 cm³/mol. The fourth-order valence-electron chi connectivity index (χ4n) is 2.54. The summed E-state index contributed by atoms with van der Waals surface area (Å²) in [4.78, 5) is 5.63. The van der Waals surface area contributed by atoms with E-state index in [-0.39, 0.29) is 11.4 Å². The molecule has 3 rings (SSSR count). The summed E-state index contributed by atoms with van der Waals surface area (Å²) in [6.07, 6.45) is 0.524. The van der Waals surface area contributed by atoms with Gasteiger partial charge in [-0.25, -0.2) is 22.5 Å². The maximum Gasteiger partial charge on any atom is 0.240 e.